The maximum atomic E-state index is 12.4. The SMILES string of the molecule is CSCC[C@H](NC(C)=O)C(=O)NCC1CCN(Cc2ccccc2)CC1. The Morgan fingerprint density at radius 1 is 1.23 bits per heavy atom. The Morgan fingerprint density at radius 2 is 1.92 bits per heavy atom. The number of amides is 2. The normalized spacial score (nSPS) is 16.8. The summed E-state index contributed by atoms with van der Waals surface area (Å²) in [5.74, 6) is 1.17. The van der Waals surface area contributed by atoms with Gasteiger partial charge < -0.3 is 10.6 Å². The molecule has 1 aliphatic rings. The molecule has 0 radical (unpaired) electrons. The van der Waals surface area contributed by atoms with Gasteiger partial charge in [0.05, 0.1) is 0 Å². The molecule has 5 nitrogen and oxygen atoms in total. The van der Waals surface area contributed by atoms with E-state index in [4.69, 9.17) is 0 Å². The highest BCUT2D eigenvalue weighted by Crippen LogP contribution is 2.18. The summed E-state index contributed by atoms with van der Waals surface area (Å²) in [5.41, 5.74) is 1.35. The summed E-state index contributed by atoms with van der Waals surface area (Å²) < 4.78 is 0. The first-order chi connectivity index (χ1) is 12.6. The van der Waals surface area contributed by atoms with Crippen molar-refractivity contribution in [3.05, 3.63) is 35.9 Å². The molecule has 1 atom stereocenters. The molecule has 2 rings (SSSR count). The number of hydrogen-bond acceptors (Lipinski definition) is 4. The third-order valence-electron chi connectivity index (χ3n) is 4.83. The molecule has 0 aliphatic carbocycles. The van der Waals surface area contributed by atoms with Gasteiger partial charge in [-0.2, -0.15) is 11.8 Å². The van der Waals surface area contributed by atoms with E-state index in [9.17, 15) is 9.59 Å². The summed E-state index contributed by atoms with van der Waals surface area (Å²) in [7, 11) is 0. The first-order valence-electron chi connectivity index (χ1n) is 9.38. The number of nitrogens with zero attached hydrogens (tertiary/aromatic N) is 1. The van der Waals surface area contributed by atoms with Crippen molar-refractivity contribution >= 4 is 23.6 Å². The minimum Gasteiger partial charge on any atom is -0.354 e. The number of rotatable bonds is 9. The lowest BCUT2D eigenvalue weighted by Crippen LogP contribution is -2.48. The number of carbonyl (C=O) groups is 2. The highest BCUT2D eigenvalue weighted by Gasteiger charge is 2.22. The topological polar surface area (TPSA) is 61.4 Å². The summed E-state index contributed by atoms with van der Waals surface area (Å²) in [5, 5.41) is 5.81. The van der Waals surface area contributed by atoms with Crippen LogP contribution in [0.15, 0.2) is 30.3 Å². The first-order valence-corrected chi connectivity index (χ1v) is 10.8. The number of likely N-dealkylation sites (tertiary alicyclic amines) is 1. The van der Waals surface area contributed by atoms with E-state index in [1.54, 1.807) is 11.8 Å². The van der Waals surface area contributed by atoms with Crippen molar-refractivity contribution in [3.8, 4) is 0 Å². The lowest BCUT2D eigenvalue weighted by Gasteiger charge is -2.32. The smallest absolute Gasteiger partial charge is 0.242 e. The fraction of sp³-hybridized carbons (Fsp3) is 0.600. The van der Waals surface area contributed by atoms with E-state index in [2.05, 4.69) is 39.8 Å². The molecule has 6 heteroatoms. The lowest BCUT2D eigenvalue weighted by atomic mass is 9.96. The van der Waals surface area contributed by atoms with Gasteiger partial charge in [0.1, 0.15) is 6.04 Å². The molecular formula is C20H31N3O2S. The Labute approximate surface area is 161 Å². The van der Waals surface area contributed by atoms with Gasteiger partial charge in [-0.25, -0.2) is 0 Å². The molecule has 0 aromatic heterocycles. The number of piperidine rings is 1. The summed E-state index contributed by atoms with van der Waals surface area (Å²) in [6, 6.07) is 10.1. The van der Waals surface area contributed by atoms with Gasteiger partial charge in [-0.3, -0.25) is 14.5 Å². The summed E-state index contributed by atoms with van der Waals surface area (Å²) >= 11 is 1.68. The molecule has 0 saturated carbocycles. The Balaban J connectivity index is 1.71. The van der Waals surface area contributed by atoms with Crippen molar-refractivity contribution in [2.24, 2.45) is 5.92 Å². The monoisotopic (exact) mass is 377 g/mol. The molecule has 0 spiro atoms. The molecule has 2 amide bonds. The van der Waals surface area contributed by atoms with Gasteiger partial charge in [0, 0.05) is 20.0 Å². The highest BCUT2D eigenvalue weighted by atomic mass is 32.2. The Hall–Kier alpha value is -1.53. The second-order valence-electron chi connectivity index (χ2n) is 6.98. The molecular weight excluding hydrogens is 346 g/mol. The van der Waals surface area contributed by atoms with Crippen LogP contribution in [0.1, 0.15) is 31.7 Å². The van der Waals surface area contributed by atoms with Crippen molar-refractivity contribution in [2.75, 3.05) is 31.6 Å². The molecule has 0 bridgehead atoms. The zero-order valence-corrected chi connectivity index (χ0v) is 16.7. The summed E-state index contributed by atoms with van der Waals surface area (Å²) in [6.45, 7) is 5.29. The van der Waals surface area contributed by atoms with Gasteiger partial charge in [-0.15, -0.1) is 0 Å². The van der Waals surface area contributed by atoms with Gasteiger partial charge >= 0.3 is 0 Å². The van der Waals surface area contributed by atoms with Crippen LogP contribution in [0.5, 0.6) is 0 Å². The summed E-state index contributed by atoms with van der Waals surface area (Å²) in [6.07, 6.45) is 4.87. The molecule has 1 fully saturated rings. The largest absolute Gasteiger partial charge is 0.354 e. The van der Waals surface area contributed by atoms with E-state index in [0.29, 0.717) is 18.9 Å². The van der Waals surface area contributed by atoms with Crippen LogP contribution >= 0.6 is 11.8 Å². The van der Waals surface area contributed by atoms with Crippen LogP contribution in [-0.4, -0.2) is 54.4 Å². The number of benzene rings is 1. The Bertz CT molecular complexity index is 559. The van der Waals surface area contributed by atoms with Crippen LogP contribution in [0, 0.1) is 5.92 Å². The molecule has 0 unspecified atom stereocenters. The standard InChI is InChI=1S/C20H31N3O2S/c1-16(24)22-19(10-13-26-2)20(25)21-14-17-8-11-23(12-9-17)15-18-6-4-3-5-7-18/h3-7,17,19H,8-15H2,1-2H3,(H,21,25)(H,22,24)/t19-/m0/s1. The molecule has 1 aliphatic heterocycles. The quantitative estimate of drug-likeness (QED) is 0.693. The highest BCUT2D eigenvalue weighted by molar-refractivity contribution is 7.98. The molecule has 1 aromatic rings. The van der Waals surface area contributed by atoms with E-state index in [0.717, 1.165) is 38.2 Å². The summed E-state index contributed by atoms with van der Waals surface area (Å²) in [4.78, 5) is 26.2. The number of thioether (sulfide) groups is 1. The van der Waals surface area contributed by atoms with Gasteiger partial charge in [0.2, 0.25) is 11.8 Å². The second-order valence-corrected chi connectivity index (χ2v) is 7.97. The molecule has 26 heavy (non-hydrogen) atoms. The van der Waals surface area contributed by atoms with Crippen LogP contribution < -0.4 is 10.6 Å². The molecule has 1 heterocycles. The van der Waals surface area contributed by atoms with Crippen molar-refractivity contribution < 1.29 is 9.59 Å². The fourth-order valence-electron chi connectivity index (χ4n) is 3.31. The molecule has 1 saturated heterocycles. The number of hydrogen-bond donors (Lipinski definition) is 2. The minimum atomic E-state index is -0.418. The van der Waals surface area contributed by atoms with E-state index in [1.165, 1.54) is 12.5 Å². The van der Waals surface area contributed by atoms with Crippen LogP contribution in [0.25, 0.3) is 0 Å². The lowest BCUT2D eigenvalue weighted by molar-refractivity contribution is -0.128. The Morgan fingerprint density at radius 3 is 2.54 bits per heavy atom. The second kappa shape index (κ2) is 11.2. The van der Waals surface area contributed by atoms with Gasteiger partial charge in [0.25, 0.3) is 0 Å². The molecule has 144 valence electrons. The Kier molecular flexibility index (Phi) is 8.98. The maximum absolute atomic E-state index is 12.4. The van der Waals surface area contributed by atoms with Crippen LogP contribution in [-0.2, 0) is 16.1 Å². The predicted octanol–water partition coefficient (Wildman–Crippen LogP) is 2.27. The maximum Gasteiger partial charge on any atom is 0.242 e. The minimum absolute atomic E-state index is 0.0547. The molecule has 1 aromatic carbocycles. The van der Waals surface area contributed by atoms with E-state index >= 15 is 0 Å². The third-order valence-corrected chi connectivity index (χ3v) is 5.47. The van der Waals surface area contributed by atoms with Crippen LogP contribution in [0.4, 0.5) is 0 Å². The zero-order valence-electron chi connectivity index (χ0n) is 15.9. The zero-order chi connectivity index (χ0) is 18.8. The average molecular weight is 378 g/mol. The van der Waals surface area contributed by atoms with Crippen molar-refractivity contribution in [1.82, 2.24) is 15.5 Å². The predicted molar refractivity (Wildman–Crippen MR) is 108 cm³/mol. The van der Waals surface area contributed by atoms with E-state index in [1.807, 2.05) is 12.3 Å². The van der Waals surface area contributed by atoms with Gasteiger partial charge in [0.15, 0.2) is 0 Å². The van der Waals surface area contributed by atoms with Crippen molar-refractivity contribution in [2.45, 2.75) is 38.8 Å². The van der Waals surface area contributed by atoms with Gasteiger partial charge in [-0.1, -0.05) is 30.3 Å². The van der Waals surface area contributed by atoms with Crippen molar-refractivity contribution in [3.63, 3.8) is 0 Å². The number of carbonyl (C=O) groups excluding carboxylic acids is 2. The third kappa shape index (κ3) is 7.38. The average Bonchev–Trinajstić information content (AvgIpc) is 2.65. The number of nitrogens with one attached hydrogen (secondary N) is 2. The van der Waals surface area contributed by atoms with E-state index < -0.39 is 6.04 Å². The molecule has 2 N–H and O–H groups in total. The van der Waals surface area contributed by atoms with Crippen LogP contribution in [0.2, 0.25) is 0 Å². The van der Waals surface area contributed by atoms with Crippen LogP contribution in [0.3, 0.4) is 0 Å². The van der Waals surface area contributed by atoms with E-state index in [-0.39, 0.29) is 11.8 Å². The van der Waals surface area contributed by atoms with Crippen molar-refractivity contribution in [1.29, 1.82) is 0 Å². The van der Waals surface area contributed by atoms with Gasteiger partial charge in [-0.05, 0) is 55.8 Å². The first kappa shape index (κ1) is 20.8. The fourth-order valence-corrected chi connectivity index (χ4v) is 3.78.